The molecule has 0 saturated heterocycles. The summed E-state index contributed by atoms with van der Waals surface area (Å²) in [5, 5.41) is 21.9. The second-order valence-electron chi connectivity index (χ2n) is 5.78. The summed E-state index contributed by atoms with van der Waals surface area (Å²) >= 11 is 19.1. The van der Waals surface area contributed by atoms with E-state index in [2.05, 4.69) is 20.5 Å². The Morgan fingerprint density at radius 2 is 1.90 bits per heavy atom. The molecule has 1 amide bonds. The number of nitrogens with zero attached hydrogens (tertiary/aromatic N) is 4. The lowest BCUT2D eigenvalue weighted by Gasteiger charge is -2.14. The van der Waals surface area contributed by atoms with Crippen molar-refractivity contribution in [3.63, 3.8) is 0 Å². The number of hydrogen-bond acceptors (Lipinski definition) is 7. The monoisotopic (exact) mass is 471 g/mol. The van der Waals surface area contributed by atoms with Gasteiger partial charge in [-0.15, -0.1) is 10.2 Å². The summed E-state index contributed by atoms with van der Waals surface area (Å²) in [6, 6.07) is 9.05. The van der Waals surface area contributed by atoms with Crippen molar-refractivity contribution in [3.8, 4) is 0 Å². The van der Waals surface area contributed by atoms with Gasteiger partial charge in [0.05, 0.1) is 31.5 Å². The molecule has 0 aliphatic carbocycles. The predicted molar refractivity (Wildman–Crippen MR) is 115 cm³/mol. The van der Waals surface area contributed by atoms with Crippen molar-refractivity contribution in [3.05, 3.63) is 67.1 Å². The number of aliphatic imine (C=N–C) groups is 1. The van der Waals surface area contributed by atoms with E-state index in [0.717, 1.165) is 11.8 Å². The lowest BCUT2D eigenvalue weighted by Crippen LogP contribution is -2.24. The molecule has 0 saturated carbocycles. The van der Waals surface area contributed by atoms with Crippen LogP contribution in [0.4, 0.5) is 11.4 Å². The van der Waals surface area contributed by atoms with E-state index in [1.165, 1.54) is 18.2 Å². The van der Waals surface area contributed by atoms with Crippen LogP contribution in [0.3, 0.4) is 0 Å². The average molecular weight is 473 g/mol. The van der Waals surface area contributed by atoms with E-state index in [1.807, 2.05) is 0 Å². The predicted octanol–water partition coefficient (Wildman–Crippen LogP) is 5.81. The van der Waals surface area contributed by atoms with E-state index >= 15 is 0 Å². The summed E-state index contributed by atoms with van der Waals surface area (Å²) in [4.78, 5) is 27.4. The number of para-hydroxylation sites is 1. The third kappa shape index (κ3) is 5.05. The summed E-state index contributed by atoms with van der Waals surface area (Å²) in [6.07, 6.45) is 0. The molecule has 1 heterocycles. The van der Waals surface area contributed by atoms with E-state index < -0.39 is 15.7 Å². The van der Waals surface area contributed by atoms with Gasteiger partial charge in [0.25, 0.3) is 5.69 Å². The minimum Gasteiger partial charge on any atom is -0.323 e. The van der Waals surface area contributed by atoms with Crippen molar-refractivity contribution in [2.45, 2.75) is 17.7 Å². The molecule has 0 bridgehead atoms. The van der Waals surface area contributed by atoms with Gasteiger partial charge in [-0.2, -0.15) is 0 Å². The summed E-state index contributed by atoms with van der Waals surface area (Å²) in [5.74, 6) is -0.225. The number of nitrogens with one attached hydrogen (secondary N) is 1. The number of anilines is 1. The zero-order chi connectivity index (χ0) is 21.1. The highest BCUT2D eigenvalue weighted by atomic mass is 35.5. The molecule has 1 aliphatic rings. The zero-order valence-electron chi connectivity index (χ0n) is 14.7. The zero-order valence-corrected chi connectivity index (χ0v) is 17.8. The maximum absolute atomic E-state index is 12.5. The van der Waals surface area contributed by atoms with Crippen molar-refractivity contribution < 1.29 is 9.72 Å². The Morgan fingerprint density at radius 3 is 2.55 bits per heavy atom. The highest BCUT2D eigenvalue weighted by Gasteiger charge is 2.26. The van der Waals surface area contributed by atoms with Gasteiger partial charge in [-0.3, -0.25) is 14.9 Å². The minimum absolute atomic E-state index is 0.117. The van der Waals surface area contributed by atoms with Crippen molar-refractivity contribution in [1.29, 1.82) is 0 Å². The SMILES string of the molecule is C[C@@H](S[C@@H]1N=NC(c2ccccc2[N+](=O)[O-])=N1)C(=O)Nc1c(Cl)cc(Cl)cc1Cl. The number of benzene rings is 2. The Balaban J connectivity index is 1.69. The fourth-order valence-corrected chi connectivity index (χ4v) is 4.12. The van der Waals surface area contributed by atoms with E-state index in [4.69, 9.17) is 34.8 Å². The number of azo groups is 1. The van der Waals surface area contributed by atoms with Crippen molar-refractivity contribution in [2.75, 3.05) is 5.32 Å². The Bertz CT molecular complexity index is 1020. The smallest absolute Gasteiger partial charge is 0.280 e. The Hall–Kier alpha value is -2.20. The number of amidine groups is 1. The van der Waals surface area contributed by atoms with Crippen molar-refractivity contribution in [1.82, 2.24) is 0 Å². The number of hydrogen-bond donors (Lipinski definition) is 1. The number of halogens is 3. The lowest BCUT2D eigenvalue weighted by molar-refractivity contribution is -0.385. The summed E-state index contributed by atoms with van der Waals surface area (Å²) < 4.78 is 0. The molecule has 8 nitrogen and oxygen atoms in total. The first-order chi connectivity index (χ1) is 13.8. The largest absolute Gasteiger partial charge is 0.323 e. The Morgan fingerprint density at radius 1 is 1.24 bits per heavy atom. The summed E-state index contributed by atoms with van der Waals surface area (Å²) in [6.45, 7) is 1.66. The molecule has 3 rings (SSSR count). The minimum atomic E-state index is -0.707. The first kappa shape index (κ1) is 21.5. The van der Waals surface area contributed by atoms with Crippen molar-refractivity contribution in [2.24, 2.45) is 15.2 Å². The second kappa shape index (κ2) is 9.08. The maximum Gasteiger partial charge on any atom is 0.280 e. The van der Waals surface area contributed by atoms with Gasteiger partial charge in [0, 0.05) is 11.1 Å². The quantitative estimate of drug-likeness (QED) is 0.422. The van der Waals surface area contributed by atoms with Crippen molar-refractivity contribution >= 4 is 69.7 Å². The summed E-state index contributed by atoms with van der Waals surface area (Å²) in [5.41, 5.74) is -0.302. The standard InChI is InChI=1S/C17H12Cl3N5O3S/c1-8(16(26)21-14-11(19)6-9(18)7-12(14)20)29-17-22-15(23-24-17)10-4-2-3-5-13(10)25(27)28/h2-8,17H,1H3,(H,21,26)/t8-,17+/m1/s1. The van der Waals surface area contributed by atoms with Gasteiger partial charge in [-0.25, -0.2) is 4.99 Å². The van der Waals surface area contributed by atoms with Gasteiger partial charge in [0.15, 0.2) is 5.84 Å². The van der Waals surface area contributed by atoms with Crippen LogP contribution in [0, 0.1) is 10.1 Å². The van der Waals surface area contributed by atoms with Gasteiger partial charge >= 0.3 is 0 Å². The van der Waals surface area contributed by atoms with Crippen LogP contribution in [0.1, 0.15) is 12.5 Å². The molecule has 0 spiro atoms. The molecule has 1 aliphatic heterocycles. The topological polar surface area (TPSA) is 109 Å². The number of nitro groups is 1. The number of amides is 1. The number of thioether (sulfide) groups is 1. The average Bonchev–Trinajstić information content (AvgIpc) is 3.12. The molecule has 0 radical (unpaired) electrons. The number of carbonyl (C=O) groups excluding carboxylic acids is 1. The molecule has 2 aromatic carbocycles. The molecule has 2 atom stereocenters. The molecular formula is C17H12Cl3N5O3S. The van der Waals surface area contributed by atoms with Gasteiger partial charge in [-0.1, -0.05) is 58.7 Å². The molecule has 29 heavy (non-hydrogen) atoms. The van der Waals surface area contributed by atoms with Crippen LogP contribution < -0.4 is 5.32 Å². The third-order valence-corrected chi connectivity index (χ3v) is 5.66. The molecule has 0 aromatic heterocycles. The van der Waals surface area contributed by atoms with Crippen LogP contribution in [0.25, 0.3) is 0 Å². The first-order valence-corrected chi connectivity index (χ1v) is 10.2. The molecular weight excluding hydrogens is 461 g/mol. The fraction of sp³-hybridized carbons (Fsp3) is 0.176. The molecule has 0 fully saturated rings. The van der Waals surface area contributed by atoms with Crippen LogP contribution in [-0.2, 0) is 4.79 Å². The van der Waals surface area contributed by atoms with E-state index in [0.29, 0.717) is 5.02 Å². The van der Waals surface area contributed by atoms with Gasteiger partial charge < -0.3 is 5.32 Å². The third-order valence-electron chi connectivity index (χ3n) is 3.78. The number of rotatable bonds is 6. The Kier molecular flexibility index (Phi) is 6.74. The maximum atomic E-state index is 12.5. The highest BCUT2D eigenvalue weighted by molar-refractivity contribution is 8.01. The lowest BCUT2D eigenvalue weighted by atomic mass is 10.1. The highest BCUT2D eigenvalue weighted by Crippen LogP contribution is 2.35. The number of nitro benzene ring substituents is 1. The van der Waals surface area contributed by atoms with Crippen LogP contribution in [0.5, 0.6) is 0 Å². The van der Waals surface area contributed by atoms with Gasteiger partial charge in [0.2, 0.25) is 11.4 Å². The van der Waals surface area contributed by atoms with Crippen LogP contribution in [0.2, 0.25) is 15.1 Å². The molecule has 0 unspecified atom stereocenters. The van der Waals surface area contributed by atoms with E-state index in [1.54, 1.807) is 25.1 Å². The second-order valence-corrected chi connectivity index (χ2v) is 8.43. The molecule has 150 valence electrons. The molecule has 1 N–H and O–H groups in total. The van der Waals surface area contributed by atoms with E-state index in [9.17, 15) is 14.9 Å². The van der Waals surface area contributed by atoms with Crippen LogP contribution in [0.15, 0.2) is 51.6 Å². The van der Waals surface area contributed by atoms with Crippen LogP contribution in [-0.4, -0.2) is 27.4 Å². The van der Waals surface area contributed by atoms with Gasteiger partial charge in [-0.05, 0) is 25.1 Å². The fourth-order valence-electron chi connectivity index (χ4n) is 2.39. The summed E-state index contributed by atoms with van der Waals surface area (Å²) in [7, 11) is 0. The number of carbonyl (C=O) groups is 1. The first-order valence-electron chi connectivity index (χ1n) is 8.09. The van der Waals surface area contributed by atoms with Gasteiger partial charge in [0.1, 0.15) is 0 Å². The normalized spacial score (nSPS) is 16.4. The van der Waals surface area contributed by atoms with Crippen LogP contribution >= 0.6 is 46.6 Å². The molecule has 2 aromatic rings. The van der Waals surface area contributed by atoms with E-state index in [-0.39, 0.29) is 38.7 Å². The molecule has 12 heteroatoms. The Labute approximate surface area is 184 Å².